The first-order valence-electron chi connectivity index (χ1n) is 9.48. The Balaban J connectivity index is 1.61. The third-order valence-electron chi connectivity index (χ3n) is 5.29. The minimum atomic E-state index is -0.179. The molecule has 0 spiro atoms. The van der Waals surface area contributed by atoms with Crippen molar-refractivity contribution in [3.05, 3.63) is 58.0 Å². The van der Waals surface area contributed by atoms with Gasteiger partial charge in [-0.3, -0.25) is 0 Å². The zero-order chi connectivity index (χ0) is 20.2. The van der Waals surface area contributed by atoms with Crippen molar-refractivity contribution >= 4 is 55.1 Å². The standard InChI is InChI=1S/C22H20ClN3OS2/c1-12-16-9-27-22(2,3)8-15(16)17-18-19(29-20(17)26-12)21(25-11-24-18)28-10-13-4-6-14(23)7-5-13/h4-7,11H,8-10H2,1-3H3. The van der Waals surface area contributed by atoms with Gasteiger partial charge in [0.2, 0.25) is 0 Å². The van der Waals surface area contributed by atoms with Crippen LogP contribution in [-0.4, -0.2) is 20.6 Å². The molecule has 29 heavy (non-hydrogen) atoms. The summed E-state index contributed by atoms with van der Waals surface area (Å²) in [6.45, 7) is 6.98. The fraction of sp³-hybridized carbons (Fsp3) is 0.318. The molecule has 0 atom stereocenters. The normalized spacial score (nSPS) is 15.7. The van der Waals surface area contributed by atoms with Gasteiger partial charge in [-0.1, -0.05) is 23.7 Å². The topological polar surface area (TPSA) is 47.9 Å². The van der Waals surface area contributed by atoms with Gasteiger partial charge in [0.1, 0.15) is 16.2 Å². The smallest absolute Gasteiger partial charge is 0.126 e. The molecule has 148 valence electrons. The predicted octanol–water partition coefficient (Wildman–Crippen LogP) is 6.34. The zero-order valence-electron chi connectivity index (χ0n) is 16.5. The maximum Gasteiger partial charge on any atom is 0.126 e. The fourth-order valence-electron chi connectivity index (χ4n) is 3.78. The second-order valence-electron chi connectivity index (χ2n) is 7.93. The van der Waals surface area contributed by atoms with E-state index in [-0.39, 0.29) is 5.60 Å². The summed E-state index contributed by atoms with van der Waals surface area (Å²) in [5, 5.41) is 2.94. The van der Waals surface area contributed by atoms with Crippen LogP contribution in [0.4, 0.5) is 0 Å². The lowest BCUT2D eigenvalue weighted by atomic mass is 9.89. The van der Waals surface area contributed by atoms with E-state index in [0.717, 1.165) is 43.0 Å². The van der Waals surface area contributed by atoms with Crippen LogP contribution in [0.3, 0.4) is 0 Å². The Morgan fingerprint density at radius 1 is 1.17 bits per heavy atom. The molecular weight excluding hydrogens is 422 g/mol. The highest BCUT2D eigenvalue weighted by molar-refractivity contribution is 7.98. The van der Waals surface area contributed by atoms with Crippen molar-refractivity contribution in [2.24, 2.45) is 0 Å². The molecule has 5 rings (SSSR count). The first-order chi connectivity index (χ1) is 13.9. The Morgan fingerprint density at radius 2 is 1.97 bits per heavy atom. The summed E-state index contributed by atoms with van der Waals surface area (Å²) in [5.41, 5.74) is 5.66. The second kappa shape index (κ2) is 7.20. The van der Waals surface area contributed by atoms with Crippen molar-refractivity contribution in [1.82, 2.24) is 15.0 Å². The van der Waals surface area contributed by atoms with Gasteiger partial charge >= 0.3 is 0 Å². The number of thiophene rings is 1. The van der Waals surface area contributed by atoms with Crippen LogP contribution in [0, 0.1) is 6.92 Å². The highest BCUT2D eigenvalue weighted by Gasteiger charge is 2.30. The third kappa shape index (κ3) is 3.52. The van der Waals surface area contributed by atoms with Gasteiger partial charge in [-0.2, -0.15) is 0 Å². The Hall–Kier alpha value is -1.73. The average molecular weight is 442 g/mol. The summed E-state index contributed by atoms with van der Waals surface area (Å²) in [4.78, 5) is 15.2. The summed E-state index contributed by atoms with van der Waals surface area (Å²) >= 11 is 9.42. The van der Waals surface area contributed by atoms with E-state index >= 15 is 0 Å². The molecule has 4 heterocycles. The van der Waals surface area contributed by atoms with Gasteiger partial charge in [-0.05, 0) is 44.0 Å². The molecule has 1 aromatic carbocycles. The van der Waals surface area contributed by atoms with Crippen molar-refractivity contribution in [3.63, 3.8) is 0 Å². The molecule has 0 saturated carbocycles. The number of ether oxygens (including phenoxy) is 1. The van der Waals surface area contributed by atoms with E-state index in [0.29, 0.717) is 6.61 Å². The van der Waals surface area contributed by atoms with E-state index in [9.17, 15) is 0 Å². The summed E-state index contributed by atoms with van der Waals surface area (Å²) in [5.74, 6) is 0.836. The van der Waals surface area contributed by atoms with E-state index in [4.69, 9.17) is 21.3 Å². The van der Waals surface area contributed by atoms with E-state index in [1.54, 1.807) is 29.4 Å². The van der Waals surface area contributed by atoms with Crippen LogP contribution in [0.15, 0.2) is 35.6 Å². The summed E-state index contributed by atoms with van der Waals surface area (Å²) in [6.07, 6.45) is 2.54. The molecule has 0 saturated heterocycles. The van der Waals surface area contributed by atoms with Crippen molar-refractivity contribution in [1.29, 1.82) is 0 Å². The van der Waals surface area contributed by atoms with Gasteiger partial charge in [0, 0.05) is 33.8 Å². The number of hydrogen-bond acceptors (Lipinski definition) is 6. The first kappa shape index (κ1) is 19.2. The number of fused-ring (bicyclic) bond motifs is 5. The van der Waals surface area contributed by atoms with Crippen LogP contribution in [0.2, 0.25) is 5.02 Å². The molecular formula is C22H20ClN3OS2. The summed E-state index contributed by atoms with van der Waals surface area (Å²) in [6, 6.07) is 7.97. The van der Waals surface area contributed by atoms with Crippen molar-refractivity contribution in [2.45, 2.75) is 50.2 Å². The van der Waals surface area contributed by atoms with E-state index in [2.05, 4.69) is 42.9 Å². The Bertz CT molecular complexity index is 1230. The first-order valence-corrected chi connectivity index (χ1v) is 11.7. The summed E-state index contributed by atoms with van der Waals surface area (Å²) in [7, 11) is 0. The maximum absolute atomic E-state index is 6.05. The van der Waals surface area contributed by atoms with Crippen LogP contribution in [0.25, 0.3) is 20.4 Å². The number of aryl methyl sites for hydroxylation is 1. The molecule has 4 aromatic rings. The Labute approximate surface area is 182 Å². The molecule has 0 radical (unpaired) electrons. The average Bonchev–Trinajstić information content (AvgIpc) is 3.05. The molecule has 4 nitrogen and oxygen atoms in total. The summed E-state index contributed by atoms with van der Waals surface area (Å²) < 4.78 is 7.16. The number of rotatable bonds is 3. The van der Waals surface area contributed by atoms with Gasteiger partial charge < -0.3 is 4.74 Å². The molecule has 0 unspecified atom stereocenters. The number of thioether (sulfide) groups is 1. The number of halogens is 1. The van der Waals surface area contributed by atoms with Crippen LogP contribution in [0.5, 0.6) is 0 Å². The second-order valence-corrected chi connectivity index (χ2v) is 10.3. The van der Waals surface area contributed by atoms with Gasteiger partial charge in [-0.25, -0.2) is 15.0 Å². The van der Waals surface area contributed by atoms with Crippen molar-refractivity contribution < 1.29 is 4.74 Å². The SMILES string of the molecule is Cc1nc2sc3c(SCc4ccc(Cl)cc4)ncnc3c2c2c1COC(C)(C)C2. The largest absolute Gasteiger partial charge is 0.370 e. The number of pyridine rings is 1. The monoisotopic (exact) mass is 441 g/mol. The quantitative estimate of drug-likeness (QED) is 0.274. The van der Waals surface area contributed by atoms with E-state index < -0.39 is 0 Å². The number of benzene rings is 1. The maximum atomic E-state index is 6.05. The number of hydrogen-bond donors (Lipinski definition) is 0. The Morgan fingerprint density at radius 3 is 2.76 bits per heavy atom. The highest BCUT2D eigenvalue weighted by Crippen LogP contribution is 2.42. The zero-order valence-corrected chi connectivity index (χ0v) is 18.8. The minimum Gasteiger partial charge on any atom is -0.370 e. The van der Waals surface area contributed by atoms with Crippen molar-refractivity contribution in [2.75, 3.05) is 0 Å². The fourth-order valence-corrected chi connectivity index (χ4v) is 6.14. The number of nitrogens with zero attached hydrogens (tertiary/aromatic N) is 3. The van der Waals surface area contributed by atoms with Gasteiger partial charge in [-0.15, -0.1) is 23.1 Å². The van der Waals surface area contributed by atoms with E-state index in [1.807, 2.05) is 12.1 Å². The molecule has 3 aromatic heterocycles. The number of aromatic nitrogens is 3. The van der Waals surface area contributed by atoms with Gasteiger partial charge in [0.05, 0.1) is 22.4 Å². The van der Waals surface area contributed by atoms with Crippen molar-refractivity contribution in [3.8, 4) is 0 Å². The van der Waals surface area contributed by atoms with Crippen LogP contribution in [-0.2, 0) is 23.5 Å². The minimum absolute atomic E-state index is 0.179. The van der Waals surface area contributed by atoms with Gasteiger partial charge in [0.15, 0.2) is 0 Å². The lowest BCUT2D eigenvalue weighted by Crippen LogP contribution is -2.32. The molecule has 0 N–H and O–H groups in total. The third-order valence-corrected chi connectivity index (χ3v) is 7.81. The molecule has 1 aliphatic rings. The van der Waals surface area contributed by atoms with E-state index in [1.165, 1.54) is 22.1 Å². The lowest BCUT2D eigenvalue weighted by Gasteiger charge is -2.32. The molecule has 1 aliphatic heterocycles. The molecule has 0 fully saturated rings. The molecule has 0 aliphatic carbocycles. The van der Waals surface area contributed by atoms with Gasteiger partial charge in [0.25, 0.3) is 0 Å². The van der Waals surface area contributed by atoms with Crippen LogP contribution >= 0.6 is 34.7 Å². The molecule has 0 amide bonds. The highest BCUT2D eigenvalue weighted by atomic mass is 35.5. The van der Waals surface area contributed by atoms with Crippen LogP contribution < -0.4 is 0 Å². The van der Waals surface area contributed by atoms with Crippen LogP contribution in [0.1, 0.15) is 36.2 Å². The predicted molar refractivity (Wildman–Crippen MR) is 121 cm³/mol. The molecule has 0 bridgehead atoms. The Kier molecular flexibility index (Phi) is 4.78. The molecule has 7 heteroatoms. The lowest BCUT2D eigenvalue weighted by molar-refractivity contribution is -0.0400.